The molecule has 0 radical (unpaired) electrons. The fourth-order valence-corrected chi connectivity index (χ4v) is 3.79. The van der Waals surface area contributed by atoms with Crippen molar-refractivity contribution in [3.63, 3.8) is 0 Å². The summed E-state index contributed by atoms with van der Waals surface area (Å²) in [5.74, 6) is -0.410. The highest BCUT2D eigenvalue weighted by molar-refractivity contribution is 6.31. The summed E-state index contributed by atoms with van der Waals surface area (Å²) in [6.45, 7) is 2.86. The molecule has 2 aromatic rings. The SMILES string of the molecule is Cc1[nH]nc2c1CN(C(=O)[C@H]1OCC(=O)N[C@@H]1c1ccccc1Cl)CC2. The van der Waals surface area contributed by atoms with Crippen LogP contribution in [-0.2, 0) is 27.3 Å². The molecule has 1 saturated heterocycles. The van der Waals surface area contributed by atoms with Crippen LogP contribution in [0.5, 0.6) is 0 Å². The summed E-state index contributed by atoms with van der Waals surface area (Å²) in [6, 6.07) is 6.56. The maximum absolute atomic E-state index is 13.2. The van der Waals surface area contributed by atoms with Crippen molar-refractivity contribution in [3.05, 3.63) is 51.8 Å². The number of benzene rings is 1. The van der Waals surface area contributed by atoms with Gasteiger partial charge in [-0.05, 0) is 18.6 Å². The van der Waals surface area contributed by atoms with E-state index in [9.17, 15) is 9.59 Å². The molecule has 1 aromatic carbocycles. The number of ether oxygens (including phenoxy) is 1. The molecule has 0 bridgehead atoms. The van der Waals surface area contributed by atoms with E-state index in [1.54, 1.807) is 17.0 Å². The average Bonchev–Trinajstić information content (AvgIpc) is 3.02. The Kier molecular flexibility index (Phi) is 4.42. The van der Waals surface area contributed by atoms with E-state index < -0.39 is 12.1 Å². The summed E-state index contributed by atoms with van der Waals surface area (Å²) in [4.78, 5) is 26.8. The van der Waals surface area contributed by atoms with E-state index in [0.29, 0.717) is 30.1 Å². The lowest BCUT2D eigenvalue weighted by atomic mass is 9.97. The van der Waals surface area contributed by atoms with Gasteiger partial charge in [0.15, 0.2) is 6.10 Å². The van der Waals surface area contributed by atoms with Crippen LogP contribution < -0.4 is 5.32 Å². The van der Waals surface area contributed by atoms with Crippen LogP contribution >= 0.6 is 11.6 Å². The monoisotopic (exact) mass is 374 g/mol. The summed E-state index contributed by atoms with van der Waals surface area (Å²) in [7, 11) is 0. The third kappa shape index (κ3) is 2.97. The third-order valence-corrected chi connectivity index (χ3v) is 5.28. The standard InChI is InChI=1S/C18H19ClN4O3/c1-10-12-8-23(7-6-14(12)22-21-10)18(25)17-16(20-15(24)9-26-17)11-4-2-3-5-13(11)19/h2-5,16-17H,6-9H2,1H3,(H,20,24)(H,21,22)/t16-,17+/m1/s1. The highest BCUT2D eigenvalue weighted by Gasteiger charge is 2.40. The Labute approximate surface area is 155 Å². The van der Waals surface area contributed by atoms with E-state index in [-0.39, 0.29) is 18.4 Å². The van der Waals surface area contributed by atoms with E-state index in [4.69, 9.17) is 16.3 Å². The number of aryl methyl sites for hydroxylation is 1. The predicted octanol–water partition coefficient (Wildman–Crippen LogP) is 1.51. The minimum Gasteiger partial charge on any atom is -0.356 e. The van der Waals surface area contributed by atoms with Gasteiger partial charge in [-0.15, -0.1) is 0 Å². The minimum atomic E-state index is -0.804. The molecule has 136 valence electrons. The molecule has 2 aliphatic rings. The molecule has 3 heterocycles. The highest BCUT2D eigenvalue weighted by atomic mass is 35.5. The Morgan fingerprint density at radius 3 is 3.00 bits per heavy atom. The number of hydrogen-bond donors (Lipinski definition) is 2. The number of carbonyl (C=O) groups excluding carboxylic acids is 2. The zero-order valence-electron chi connectivity index (χ0n) is 14.3. The number of nitrogens with one attached hydrogen (secondary N) is 2. The second-order valence-electron chi connectivity index (χ2n) is 6.58. The van der Waals surface area contributed by atoms with Gasteiger partial charge in [-0.25, -0.2) is 0 Å². The summed E-state index contributed by atoms with van der Waals surface area (Å²) >= 11 is 6.29. The summed E-state index contributed by atoms with van der Waals surface area (Å²) < 4.78 is 5.64. The van der Waals surface area contributed by atoms with Crippen LogP contribution in [0.3, 0.4) is 0 Å². The van der Waals surface area contributed by atoms with Gasteiger partial charge >= 0.3 is 0 Å². The molecule has 2 atom stereocenters. The van der Waals surface area contributed by atoms with Gasteiger partial charge in [0.05, 0.1) is 11.7 Å². The molecule has 0 unspecified atom stereocenters. The Morgan fingerprint density at radius 1 is 1.38 bits per heavy atom. The predicted molar refractivity (Wildman–Crippen MR) is 94.5 cm³/mol. The fraction of sp³-hybridized carbons (Fsp3) is 0.389. The first kappa shape index (κ1) is 17.1. The van der Waals surface area contributed by atoms with Gasteiger partial charge in [-0.2, -0.15) is 5.10 Å². The number of nitrogens with zero attached hydrogens (tertiary/aromatic N) is 2. The molecule has 0 aliphatic carbocycles. The van der Waals surface area contributed by atoms with Gasteiger partial charge in [0.2, 0.25) is 5.91 Å². The number of fused-ring (bicyclic) bond motifs is 1. The third-order valence-electron chi connectivity index (χ3n) is 4.94. The zero-order chi connectivity index (χ0) is 18.3. The molecule has 0 spiro atoms. The molecule has 8 heteroatoms. The van der Waals surface area contributed by atoms with Crippen LogP contribution in [-0.4, -0.2) is 46.2 Å². The molecule has 0 saturated carbocycles. The number of carbonyl (C=O) groups is 2. The molecule has 2 N–H and O–H groups in total. The fourth-order valence-electron chi connectivity index (χ4n) is 3.53. The van der Waals surface area contributed by atoms with Crippen LogP contribution in [0, 0.1) is 6.92 Å². The van der Waals surface area contributed by atoms with E-state index in [0.717, 1.165) is 17.0 Å². The summed E-state index contributed by atoms with van der Waals surface area (Å²) in [5, 5.41) is 10.6. The number of aromatic nitrogens is 2. The largest absolute Gasteiger partial charge is 0.356 e. The Bertz CT molecular complexity index is 866. The number of aromatic amines is 1. The van der Waals surface area contributed by atoms with Crippen LogP contribution in [0.15, 0.2) is 24.3 Å². The number of halogens is 1. The van der Waals surface area contributed by atoms with Crippen LogP contribution in [0.4, 0.5) is 0 Å². The molecule has 26 heavy (non-hydrogen) atoms. The van der Waals surface area contributed by atoms with Crippen LogP contribution in [0.25, 0.3) is 0 Å². The number of H-pyrrole nitrogens is 1. The van der Waals surface area contributed by atoms with E-state index >= 15 is 0 Å². The highest BCUT2D eigenvalue weighted by Crippen LogP contribution is 2.30. The average molecular weight is 375 g/mol. The zero-order valence-corrected chi connectivity index (χ0v) is 15.0. The molecule has 2 amide bonds. The first-order chi connectivity index (χ1) is 12.5. The second kappa shape index (κ2) is 6.74. The summed E-state index contributed by atoms with van der Waals surface area (Å²) in [6.07, 6.45) is -0.109. The maximum Gasteiger partial charge on any atom is 0.254 e. The topological polar surface area (TPSA) is 87.3 Å². The lowest BCUT2D eigenvalue weighted by Gasteiger charge is -2.36. The van der Waals surface area contributed by atoms with Gasteiger partial charge in [0.1, 0.15) is 6.61 Å². The second-order valence-corrected chi connectivity index (χ2v) is 6.99. The van der Waals surface area contributed by atoms with Gasteiger partial charge in [0.25, 0.3) is 5.91 Å². The normalized spacial score (nSPS) is 22.7. The van der Waals surface area contributed by atoms with Crippen LogP contribution in [0.1, 0.15) is 28.6 Å². The molecule has 1 aromatic heterocycles. The quantitative estimate of drug-likeness (QED) is 0.834. The number of rotatable bonds is 2. The van der Waals surface area contributed by atoms with Crippen molar-refractivity contribution in [2.45, 2.75) is 32.0 Å². The Balaban J connectivity index is 1.60. The first-order valence-electron chi connectivity index (χ1n) is 8.51. The number of morpholine rings is 1. The van der Waals surface area contributed by atoms with Crippen LogP contribution in [0.2, 0.25) is 5.02 Å². The van der Waals surface area contributed by atoms with Gasteiger partial charge in [-0.3, -0.25) is 14.7 Å². The first-order valence-corrected chi connectivity index (χ1v) is 8.89. The van der Waals surface area contributed by atoms with Crippen molar-refractivity contribution in [2.24, 2.45) is 0 Å². The van der Waals surface area contributed by atoms with Crippen molar-refractivity contribution >= 4 is 23.4 Å². The van der Waals surface area contributed by atoms with E-state index in [1.165, 1.54) is 0 Å². The molecular weight excluding hydrogens is 356 g/mol. The molecule has 1 fully saturated rings. The Hall–Kier alpha value is -2.38. The lowest BCUT2D eigenvalue weighted by molar-refractivity contribution is -0.156. The summed E-state index contributed by atoms with van der Waals surface area (Å²) in [5.41, 5.74) is 3.71. The maximum atomic E-state index is 13.2. The van der Waals surface area contributed by atoms with Crippen molar-refractivity contribution in [1.82, 2.24) is 20.4 Å². The van der Waals surface area contributed by atoms with E-state index in [2.05, 4.69) is 15.5 Å². The molecule has 2 aliphatic heterocycles. The van der Waals surface area contributed by atoms with Crippen molar-refractivity contribution in [3.8, 4) is 0 Å². The molecular formula is C18H19ClN4O3. The van der Waals surface area contributed by atoms with Gasteiger partial charge in [-0.1, -0.05) is 29.8 Å². The van der Waals surface area contributed by atoms with Crippen molar-refractivity contribution in [2.75, 3.05) is 13.2 Å². The molecule has 4 rings (SSSR count). The number of amides is 2. The van der Waals surface area contributed by atoms with Crippen molar-refractivity contribution < 1.29 is 14.3 Å². The minimum absolute atomic E-state index is 0.138. The van der Waals surface area contributed by atoms with Gasteiger partial charge in [0, 0.05) is 35.8 Å². The van der Waals surface area contributed by atoms with E-state index in [1.807, 2.05) is 19.1 Å². The smallest absolute Gasteiger partial charge is 0.254 e. The van der Waals surface area contributed by atoms with Gasteiger partial charge < -0.3 is 15.0 Å². The number of hydrogen-bond acceptors (Lipinski definition) is 4. The van der Waals surface area contributed by atoms with Crippen molar-refractivity contribution in [1.29, 1.82) is 0 Å². The lowest BCUT2D eigenvalue weighted by Crippen LogP contribution is -2.54. The molecule has 7 nitrogen and oxygen atoms in total. The Morgan fingerprint density at radius 2 is 2.19 bits per heavy atom.